The van der Waals surface area contributed by atoms with E-state index < -0.39 is 17.6 Å². The minimum atomic E-state index is -4.47. The number of rotatable bonds is 4. The summed E-state index contributed by atoms with van der Waals surface area (Å²) in [6.45, 7) is 0.160. The lowest BCUT2D eigenvalue weighted by Gasteiger charge is -2.10. The lowest BCUT2D eigenvalue weighted by molar-refractivity contribution is -0.137. The Morgan fingerprint density at radius 2 is 1.88 bits per heavy atom. The Labute approximate surface area is 144 Å². The minimum absolute atomic E-state index is 0.0170. The van der Waals surface area contributed by atoms with Crippen LogP contribution in [0, 0.1) is 0 Å². The fourth-order valence-corrected chi connectivity index (χ4v) is 3.35. The van der Waals surface area contributed by atoms with Crippen molar-refractivity contribution in [3.05, 3.63) is 63.8 Å². The molecule has 0 aliphatic heterocycles. The second-order valence-corrected chi connectivity index (χ2v) is 6.36. The number of alkyl halides is 3. The fraction of sp³-hybridized carbons (Fsp3) is 0.176. The molecule has 0 spiro atoms. The van der Waals surface area contributed by atoms with E-state index >= 15 is 0 Å². The van der Waals surface area contributed by atoms with Crippen molar-refractivity contribution < 1.29 is 18.0 Å². The van der Waals surface area contributed by atoms with Gasteiger partial charge in [-0.05, 0) is 30.3 Å². The summed E-state index contributed by atoms with van der Waals surface area (Å²) < 4.78 is 40.4. The number of benzene rings is 2. The average molecular weight is 366 g/mol. The quantitative estimate of drug-likeness (QED) is 0.755. The van der Waals surface area contributed by atoms with Gasteiger partial charge in [0.2, 0.25) is 5.91 Å². The van der Waals surface area contributed by atoms with E-state index in [9.17, 15) is 22.8 Å². The largest absolute Gasteiger partial charge is 0.416 e. The predicted molar refractivity (Wildman–Crippen MR) is 90.8 cm³/mol. The van der Waals surface area contributed by atoms with E-state index in [-0.39, 0.29) is 23.5 Å². The van der Waals surface area contributed by atoms with Crippen LogP contribution < -0.4 is 10.2 Å². The van der Waals surface area contributed by atoms with Gasteiger partial charge in [0.1, 0.15) is 0 Å². The first-order chi connectivity index (χ1) is 11.8. The Balaban J connectivity index is 1.69. The van der Waals surface area contributed by atoms with Crippen LogP contribution in [0.15, 0.2) is 53.3 Å². The van der Waals surface area contributed by atoms with Gasteiger partial charge in [-0.3, -0.25) is 14.2 Å². The van der Waals surface area contributed by atoms with E-state index in [0.29, 0.717) is 0 Å². The maximum atomic E-state index is 12.7. The third kappa shape index (κ3) is 3.90. The monoisotopic (exact) mass is 366 g/mol. The van der Waals surface area contributed by atoms with E-state index in [2.05, 4.69) is 5.32 Å². The Hall–Kier alpha value is -2.61. The summed E-state index contributed by atoms with van der Waals surface area (Å²) in [7, 11) is 0. The maximum Gasteiger partial charge on any atom is 0.416 e. The van der Waals surface area contributed by atoms with Crippen molar-refractivity contribution in [2.24, 2.45) is 0 Å². The molecule has 0 saturated carbocycles. The molecule has 1 aromatic heterocycles. The molecular formula is C17H13F3N2O2S. The molecule has 0 unspecified atom stereocenters. The number of aromatic nitrogens is 1. The summed E-state index contributed by atoms with van der Waals surface area (Å²) in [4.78, 5) is 23.8. The molecule has 0 atom stereocenters. The Morgan fingerprint density at radius 1 is 1.12 bits per heavy atom. The molecule has 25 heavy (non-hydrogen) atoms. The van der Waals surface area contributed by atoms with Crippen LogP contribution in [0.4, 0.5) is 18.9 Å². The molecule has 1 N–H and O–H groups in total. The second-order valence-electron chi connectivity index (χ2n) is 5.36. The van der Waals surface area contributed by atoms with Gasteiger partial charge in [0.05, 0.1) is 15.8 Å². The number of hydrogen-bond acceptors (Lipinski definition) is 3. The molecule has 1 amide bonds. The number of halogens is 3. The molecule has 8 heteroatoms. The maximum absolute atomic E-state index is 12.7. The molecule has 0 aliphatic rings. The van der Waals surface area contributed by atoms with Crippen molar-refractivity contribution in [1.82, 2.24) is 4.57 Å². The van der Waals surface area contributed by atoms with Crippen LogP contribution in [0.2, 0.25) is 0 Å². The van der Waals surface area contributed by atoms with Crippen molar-refractivity contribution in [1.29, 1.82) is 0 Å². The van der Waals surface area contributed by atoms with Gasteiger partial charge in [0.25, 0.3) is 0 Å². The number of anilines is 1. The van der Waals surface area contributed by atoms with Crippen LogP contribution in [-0.4, -0.2) is 10.5 Å². The number of carbonyl (C=O) groups excluding carboxylic acids is 1. The molecular weight excluding hydrogens is 353 g/mol. The third-order valence-corrected chi connectivity index (χ3v) is 4.57. The molecule has 2 aromatic carbocycles. The average Bonchev–Trinajstić information content (AvgIpc) is 2.87. The molecule has 0 bridgehead atoms. The number of para-hydroxylation sites is 1. The van der Waals surface area contributed by atoms with Crippen LogP contribution in [0.3, 0.4) is 0 Å². The summed E-state index contributed by atoms with van der Waals surface area (Å²) in [6, 6.07) is 11.7. The highest BCUT2D eigenvalue weighted by Crippen LogP contribution is 2.30. The molecule has 0 saturated heterocycles. The van der Waals surface area contributed by atoms with Gasteiger partial charge >= 0.3 is 11.0 Å². The Bertz CT molecular complexity index is 976. The van der Waals surface area contributed by atoms with Crippen molar-refractivity contribution in [3.8, 4) is 0 Å². The standard InChI is InChI=1S/C17H13F3N2O2S/c18-17(19,20)11-4-3-5-12(10-11)21-15(23)8-9-22-13-6-1-2-7-14(13)25-16(22)24/h1-7,10H,8-9H2,(H,21,23). The molecule has 3 aromatic rings. The Morgan fingerprint density at radius 3 is 2.64 bits per heavy atom. The molecule has 3 rings (SSSR count). The predicted octanol–water partition coefficient (Wildman–Crippen LogP) is 4.11. The summed E-state index contributed by atoms with van der Waals surface area (Å²) in [6.07, 6.45) is -4.49. The van der Waals surface area contributed by atoms with Gasteiger partial charge in [-0.2, -0.15) is 13.2 Å². The number of thiazole rings is 1. The van der Waals surface area contributed by atoms with Crippen LogP contribution >= 0.6 is 11.3 Å². The first-order valence-electron chi connectivity index (χ1n) is 7.40. The molecule has 0 aliphatic carbocycles. The topological polar surface area (TPSA) is 51.1 Å². The highest BCUT2D eigenvalue weighted by molar-refractivity contribution is 7.16. The second kappa shape index (κ2) is 6.72. The van der Waals surface area contributed by atoms with E-state index in [1.807, 2.05) is 12.1 Å². The first kappa shape index (κ1) is 17.2. The van der Waals surface area contributed by atoms with Crippen LogP contribution in [0.1, 0.15) is 12.0 Å². The highest BCUT2D eigenvalue weighted by Gasteiger charge is 2.30. The zero-order valence-corrected chi connectivity index (χ0v) is 13.7. The lowest BCUT2D eigenvalue weighted by Crippen LogP contribution is -2.19. The van der Waals surface area contributed by atoms with Crippen molar-refractivity contribution in [2.75, 3.05) is 5.32 Å². The Kier molecular flexibility index (Phi) is 4.63. The lowest BCUT2D eigenvalue weighted by atomic mass is 10.2. The van der Waals surface area contributed by atoms with E-state index in [1.165, 1.54) is 16.7 Å². The molecule has 4 nitrogen and oxygen atoms in total. The number of hydrogen-bond donors (Lipinski definition) is 1. The first-order valence-corrected chi connectivity index (χ1v) is 8.22. The molecule has 0 radical (unpaired) electrons. The van der Waals surface area contributed by atoms with Gasteiger partial charge in [0.15, 0.2) is 0 Å². The smallest absolute Gasteiger partial charge is 0.326 e. The number of nitrogens with zero attached hydrogens (tertiary/aromatic N) is 1. The van der Waals surface area contributed by atoms with E-state index in [4.69, 9.17) is 0 Å². The zero-order chi connectivity index (χ0) is 18.0. The van der Waals surface area contributed by atoms with Gasteiger partial charge in [0, 0.05) is 18.7 Å². The SMILES string of the molecule is O=C(CCn1c(=O)sc2ccccc21)Nc1cccc(C(F)(F)F)c1. The summed E-state index contributed by atoms with van der Waals surface area (Å²) in [5.41, 5.74) is -0.0166. The summed E-state index contributed by atoms with van der Waals surface area (Å²) >= 11 is 1.09. The number of nitrogens with one attached hydrogen (secondary N) is 1. The van der Waals surface area contributed by atoms with Gasteiger partial charge in [-0.25, -0.2) is 0 Å². The molecule has 1 heterocycles. The summed E-state index contributed by atoms with van der Waals surface area (Å²) in [5.74, 6) is -0.457. The highest BCUT2D eigenvalue weighted by atomic mass is 32.1. The summed E-state index contributed by atoms with van der Waals surface area (Å²) in [5, 5.41) is 2.43. The van der Waals surface area contributed by atoms with Gasteiger partial charge in [-0.1, -0.05) is 29.5 Å². The number of aryl methyl sites for hydroxylation is 1. The van der Waals surface area contributed by atoms with E-state index in [0.717, 1.165) is 33.7 Å². The number of amides is 1. The van der Waals surface area contributed by atoms with E-state index in [1.54, 1.807) is 12.1 Å². The molecule has 130 valence electrons. The fourth-order valence-electron chi connectivity index (χ4n) is 2.44. The van der Waals surface area contributed by atoms with Crippen LogP contribution in [0.25, 0.3) is 10.2 Å². The van der Waals surface area contributed by atoms with Crippen molar-refractivity contribution >= 4 is 33.1 Å². The normalized spacial score (nSPS) is 11.6. The third-order valence-electron chi connectivity index (χ3n) is 3.61. The van der Waals surface area contributed by atoms with Crippen LogP contribution in [-0.2, 0) is 17.5 Å². The zero-order valence-electron chi connectivity index (χ0n) is 12.8. The van der Waals surface area contributed by atoms with Gasteiger partial charge in [-0.15, -0.1) is 0 Å². The number of fused-ring (bicyclic) bond motifs is 1. The van der Waals surface area contributed by atoms with Gasteiger partial charge < -0.3 is 5.32 Å². The number of carbonyl (C=O) groups is 1. The minimum Gasteiger partial charge on any atom is -0.326 e. The van der Waals surface area contributed by atoms with Crippen LogP contribution in [0.5, 0.6) is 0 Å². The van der Waals surface area contributed by atoms with Crippen molar-refractivity contribution in [3.63, 3.8) is 0 Å². The van der Waals surface area contributed by atoms with Crippen molar-refractivity contribution in [2.45, 2.75) is 19.1 Å². The molecule has 0 fully saturated rings.